The normalized spacial score (nSPS) is 12.7. The van der Waals surface area contributed by atoms with Crippen LogP contribution in [0.1, 0.15) is 17.4 Å². The van der Waals surface area contributed by atoms with Crippen LogP contribution in [0.15, 0.2) is 44.2 Å². The van der Waals surface area contributed by atoms with E-state index in [2.05, 4.69) is 36.8 Å². The smallest absolute Gasteiger partial charge is 0.183 e. The van der Waals surface area contributed by atoms with Gasteiger partial charge in [-0.15, -0.1) is 0 Å². The molecule has 2 aromatic rings. The van der Waals surface area contributed by atoms with E-state index in [0.717, 1.165) is 10.0 Å². The van der Waals surface area contributed by atoms with E-state index < -0.39 is 6.10 Å². The average Bonchev–Trinajstić information content (AvgIpc) is 2.61. The average molecular weight is 347 g/mol. The number of halogens is 2. The van der Waals surface area contributed by atoms with Gasteiger partial charge >= 0.3 is 0 Å². The molecule has 2 aromatic heterocycles. The summed E-state index contributed by atoms with van der Waals surface area (Å²) in [7, 11) is 0. The van der Waals surface area contributed by atoms with Crippen molar-refractivity contribution in [3.05, 3.63) is 51.1 Å². The molecular formula is C11H9Br2NO2. The van der Waals surface area contributed by atoms with Gasteiger partial charge in [0.1, 0.15) is 11.9 Å². The van der Waals surface area contributed by atoms with Crippen LogP contribution in [0.2, 0.25) is 0 Å². The molecule has 0 spiro atoms. The first-order chi connectivity index (χ1) is 7.66. The van der Waals surface area contributed by atoms with Crippen LogP contribution in [0.5, 0.6) is 0 Å². The molecule has 3 nitrogen and oxygen atoms in total. The second-order valence-corrected chi connectivity index (χ2v) is 4.93. The number of aromatic nitrogens is 1. The van der Waals surface area contributed by atoms with Crippen molar-refractivity contribution in [2.24, 2.45) is 0 Å². The zero-order chi connectivity index (χ0) is 11.5. The monoisotopic (exact) mass is 345 g/mol. The number of aliphatic hydroxyl groups excluding tert-OH is 1. The third-order valence-corrected chi connectivity index (χ3v) is 3.85. The number of hydrogen-bond acceptors (Lipinski definition) is 3. The fourth-order valence-electron chi connectivity index (χ4n) is 1.37. The lowest BCUT2D eigenvalue weighted by molar-refractivity contribution is 0.148. The third-order valence-electron chi connectivity index (χ3n) is 2.14. The van der Waals surface area contributed by atoms with Gasteiger partial charge in [-0.1, -0.05) is 6.07 Å². The fourth-order valence-corrected chi connectivity index (χ4v) is 1.98. The number of aliphatic hydroxyl groups is 1. The molecule has 0 aliphatic rings. The molecule has 1 atom stereocenters. The molecule has 1 N–H and O–H groups in total. The summed E-state index contributed by atoms with van der Waals surface area (Å²) in [5.41, 5.74) is 0.971. The predicted octanol–water partition coefficient (Wildman–Crippen LogP) is 3.48. The first-order valence-corrected chi connectivity index (χ1v) is 6.27. The highest BCUT2D eigenvalue weighted by molar-refractivity contribution is 9.13. The Bertz CT molecular complexity index is 451. The lowest BCUT2D eigenvalue weighted by Gasteiger charge is -2.06. The largest absolute Gasteiger partial charge is 0.450 e. The van der Waals surface area contributed by atoms with Crippen molar-refractivity contribution in [2.75, 3.05) is 0 Å². The molecule has 16 heavy (non-hydrogen) atoms. The second-order valence-electron chi connectivity index (χ2n) is 3.35. The maximum absolute atomic E-state index is 9.95. The van der Waals surface area contributed by atoms with Crippen molar-refractivity contribution < 1.29 is 9.52 Å². The molecule has 0 aliphatic heterocycles. The number of pyridine rings is 1. The summed E-state index contributed by atoms with van der Waals surface area (Å²) >= 11 is 6.54. The zero-order valence-corrected chi connectivity index (χ0v) is 11.4. The second kappa shape index (κ2) is 5.12. The lowest BCUT2D eigenvalue weighted by Crippen LogP contribution is -2.00. The molecule has 0 saturated heterocycles. The topological polar surface area (TPSA) is 46.3 Å². The highest BCUT2D eigenvalue weighted by Crippen LogP contribution is 2.30. The minimum atomic E-state index is -0.660. The van der Waals surface area contributed by atoms with Gasteiger partial charge in [0.05, 0.1) is 4.47 Å². The van der Waals surface area contributed by atoms with Crippen LogP contribution in [0, 0.1) is 0 Å². The Balaban J connectivity index is 2.11. The Morgan fingerprint density at radius 3 is 2.81 bits per heavy atom. The van der Waals surface area contributed by atoms with Crippen molar-refractivity contribution in [3.63, 3.8) is 0 Å². The maximum atomic E-state index is 9.95. The minimum absolute atomic E-state index is 0.486. The van der Waals surface area contributed by atoms with E-state index in [9.17, 15) is 5.11 Å². The molecule has 1 unspecified atom stereocenters. The van der Waals surface area contributed by atoms with Gasteiger partial charge in [0.25, 0.3) is 0 Å². The van der Waals surface area contributed by atoms with Gasteiger partial charge in [0.15, 0.2) is 4.67 Å². The molecule has 2 rings (SSSR count). The van der Waals surface area contributed by atoms with Gasteiger partial charge in [0.2, 0.25) is 0 Å². The summed E-state index contributed by atoms with van der Waals surface area (Å²) in [6.07, 6.45) is 3.26. The van der Waals surface area contributed by atoms with E-state index in [4.69, 9.17) is 4.42 Å². The zero-order valence-electron chi connectivity index (χ0n) is 8.23. The quantitative estimate of drug-likeness (QED) is 0.925. The van der Waals surface area contributed by atoms with E-state index in [0.29, 0.717) is 16.9 Å². The van der Waals surface area contributed by atoms with Crippen LogP contribution in [0.25, 0.3) is 0 Å². The van der Waals surface area contributed by atoms with Crippen LogP contribution < -0.4 is 0 Å². The van der Waals surface area contributed by atoms with Crippen LogP contribution in [0.3, 0.4) is 0 Å². The first kappa shape index (κ1) is 11.8. The van der Waals surface area contributed by atoms with Crippen molar-refractivity contribution in [3.8, 4) is 0 Å². The van der Waals surface area contributed by atoms with E-state index in [1.807, 2.05) is 12.1 Å². The molecule has 0 fully saturated rings. The van der Waals surface area contributed by atoms with Crippen molar-refractivity contribution in [1.29, 1.82) is 0 Å². The molecule has 2 heterocycles. The van der Waals surface area contributed by atoms with Gasteiger partial charge < -0.3 is 9.52 Å². The molecule has 0 bridgehead atoms. The van der Waals surface area contributed by atoms with Crippen molar-refractivity contribution >= 4 is 31.9 Å². The molecule has 0 amide bonds. The van der Waals surface area contributed by atoms with Crippen LogP contribution in [-0.2, 0) is 6.42 Å². The highest BCUT2D eigenvalue weighted by Gasteiger charge is 2.15. The Kier molecular flexibility index (Phi) is 3.78. The van der Waals surface area contributed by atoms with E-state index >= 15 is 0 Å². The highest BCUT2D eigenvalue weighted by atomic mass is 79.9. The number of rotatable bonds is 3. The summed E-state index contributed by atoms with van der Waals surface area (Å²) in [6.45, 7) is 0. The summed E-state index contributed by atoms with van der Waals surface area (Å²) < 4.78 is 6.74. The molecular weight excluding hydrogens is 338 g/mol. The van der Waals surface area contributed by atoms with E-state index in [1.165, 1.54) is 0 Å². The standard InChI is InChI=1S/C11H9Br2NO2/c12-8-5-10(16-11(8)13)9(15)4-7-2-1-3-14-6-7/h1-3,5-6,9,15H,4H2. The predicted molar refractivity (Wildman–Crippen MR) is 67.0 cm³/mol. The lowest BCUT2D eigenvalue weighted by atomic mass is 10.1. The van der Waals surface area contributed by atoms with E-state index in [1.54, 1.807) is 18.5 Å². The molecule has 0 aliphatic carbocycles. The molecule has 0 aromatic carbocycles. The van der Waals surface area contributed by atoms with Crippen molar-refractivity contribution in [2.45, 2.75) is 12.5 Å². The van der Waals surface area contributed by atoms with Crippen LogP contribution in [0.4, 0.5) is 0 Å². The molecule has 84 valence electrons. The fraction of sp³-hybridized carbons (Fsp3) is 0.182. The number of nitrogens with zero attached hydrogens (tertiary/aromatic N) is 1. The Morgan fingerprint density at radius 1 is 1.44 bits per heavy atom. The van der Waals surface area contributed by atoms with Crippen molar-refractivity contribution in [1.82, 2.24) is 4.98 Å². The maximum Gasteiger partial charge on any atom is 0.183 e. The van der Waals surface area contributed by atoms with E-state index in [-0.39, 0.29) is 0 Å². The Morgan fingerprint density at radius 2 is 2.25 bits per heavy atom. The van der Waals surface area contributed by atoms with Gasteiger partial charge in [-0.3, -0.25) is 4.98 Å². The summed E-state index contributed by atoms with van der Waals surface area (Å²) in [4.78, 5) is 3.99. The van der Waals surface area contributed by atoms with Gasteiger partial charge in [-0.05, 0) is 49.6 Å². The number of hydrogen-bond donors (Lipinski definition) is 1. The Hall–Kier alpha value is -0.650. The van der Waals surface area contributed by atoms with Gasteiger partial charge in [-0.2, -0.15) is 0 Å². The summed E-state index contributed by atoms with van der Waals surface area (Å²) in [5.74, 6) is 0.530. The summed E-state index contributed by atoms with van der Waals surface area (Å²) in [5, 5.41) is 9.95. The minimum Gasteiger partial charge on any atom is -0.450 e. The van der Waals surface area contributed by atoms with Crippen LogP contribution >= 0.6 is 31.9 Å². The Labute approximate surface area is 110 Å². The van der Waals surface area contributed by atoms with Gasteiger partial charge in [-0.25, -0.2) is 0 Å². The summed E-state index contributed by atoms with van der Waals surface area (Å²) in [6, 6.07) is 5.52. The third kappa shape index (κ3) is 2.72. The molecule has 0 radical (unpaired) electrons. The molecule has 0 saturated carbocycles. The SMILES string of the molecule is OC(Cc1cccnc1)c1cc(Br)c(Br)o1. The first-order valence-electron chi connectivity index (χ1n) is 4.68. The van der Waals surface area contributed by atoms with Gasteiger partial charge in [0, 0.05) is 18.8 Å². The number of furan rings is 1. The van der Waals surface area contributed by atoms with Crippen LogP contribution in [-0.4, -0.2) is 10.1 Å². The molecule has 5 heteroatoms.